The molecule has 0 atom stereocenters. The summed E-state index contributed by atoms with van der Waals surface area (Å²) in [6.07, 6.45) is 0. The molecular weight excluding hydrogens is 248 g/mol. The minimum atomic E-state index is -0.343. The van der Waals surface area contributed by atoms with E-state index < -0.39 is 0 Å². The smallest absolute Gasteiger partial charge is 0.260 e. The Balaban J connectivity index is 2.26. The van der Waals surface area contributed by atoms with Gasteiger partial charge in [0.15, 0.2) is 5.82 Å². The second kappa shape index (κ2) is 5.43. The number of aryl methyl sites for hydroxylation is 1. The summed E-state index contributed by atoms with van der Waals surface area (Å²) in [5.41, 5.74) is 0.363. The molecule has 2 rings (SSSR count). The van der Waals surface area contributed by atoms with E-state index in [9.17, 15) is 4.79 Å². The largest absolute Gasteiger partial charge is 0.497 e. The second-order valence-electron chi connectivity index (χ2n) is 3.84. The summed E-state index contributed by atoms with van der Waals surface area (Å²) in [6.45, 7) is 1.74. The number of ether oxygens (including phenoxy) is 2. The van der Waals surface area contributed by atoms with Crippen molar-refractivity contribution in [2.24, 2.45) is 0 Å². The maximum absolute atomic E-state index is 12.1. The minimum Gasteiger partial charge on any atom is -0.497 e. The quantitative estimate of drug-likeness (QED) is 0.914. The molecule has 1 N–H and O–H groups in total. The number of carbonyl (C=O) groups is 1. The molecular formula is C13H14N2O4. The predicted molar refractivity (Wildman–Crippen MR) is 68.7 cm³/mol. The van der Waals surface area contributed by atoms with Gasteiger partial charge in [-0.1, -0.05) is 5.16 Å². The standard InChI is InChI=1S/C13H14N2O4/c1-8-6-12(15-19-8)14-13(16)10-7-9(17-2)4-5-11(10)18-3/h4-7H,1-3H3,(H,14,15,16). The highest BCUT2D eigenvalue weighted by molar-refractivity contribution is 6.06. The molecule has 1 heterocycles. The molecule has 0 aliphatic carbocycles. The molecule has 1 aromatic heterocycles. The van der Waals surface area contributed by atoms with Crippen molar-refractivity contribution in [3.63, 3.8) is 0 Å². The van der Waals surface area contributed by atoms with Crippen LogP contribution >= 0.6 is 0 Å². The third kappa shape index (κ3) is 2.85. The Morgan fingerprint density at radius 1 is 1.26 bits per heavy atom. The third-order valence-electron chi connectivity index (χ3n) is 2.52. The van der Waals surface area contributed by atoms with Crippen LogP contribution in [0.15, 0.2) is 28.8 Å². The van der Waals surface area contributed by atoms with E-state index in [0.717, 1.165) is 0 Å². The summed E-state index contributed by atoms with van der Waals surface area (Å²) in [5, 5.41) is 6.33. The molecule has 0 bridgehead atoms. The van der Waals surface area contributed by atoms with Gasteiger partial charge >= 0.3 is 0 Å². The van der Waals surface area contributed by atoms with E-state index in [2.05, 4.69) is 10.5 Å². The van der Waals surface area contributed by atoms with Crippen molar-refractivity contribution in [2.45, 2.75) is 6.92 Å². The Kier molecular flexibility index (Phi) is 3.70. The van der Waals surface area contributed by atoms with E-state index in [1.54, 1.807) is 31.2 Å². The van der Waals surface area contributed by atoms with Crippen molar-refractivity contribution in [1.82, 2.24) is 5.16 Å². The zero-order valence-electron chi connectivity index (χ0n) is 10.9. The van der Waals surface area contributed by atoms with Crippen LogP contribution in [-0.2, 0) is 0 Å². The highest BCUT2D eigenvalue weighted by Gasteiger charge is 2.15. The molecule has 0 saturated heterocycles. The molecule has 0 fully saturated rings. The van der Waals surface area contributed by atoms with Crippen LogP contribution in [0.3, 0.4) is 0 Å². The van der Waals surface area contributed by atoms with Crippen LogP contribution in [0, 0.1) is 6.92 Å². The van der Waals surface area contributed by atoms with Gasteiger partial charge < -0.3 is 19.3 Å². The second-order valence-corrected chi connectivity index (χ2v) is 3.84. The summed E-state index contributed by atoms with van der Waals surface area (Å²) in [6, 6.07) is 6.61. The van der Waals surface area contributed by atoms with Gasteiger partial charge in [-0.25, -0.2) is 0 Å². The van der Waals surface area contributed by atoms with E-state index >= 15 is 0 Å². The van der Waals surface area contributed by atoms with Crippen molar-refractivity contribution in [3.8, 4) is 11.5 Å². The lowest BCUT2D eigenvalue weighted by Gasteiger charge is -2.09. The summed E-state index contributed by atoms with van der Waals surface area (Å²) in [5.74, 6) is 1.66. The van der Waals surface area contributed by atoms with Gasteiger partial charge in [-0.2, -0.15) is 0 Å². The van der Waals surface area contributed by atoms with Gasteiger partial charge in [0.25, 0.3) is 5.91 Å². The Labute approximate surface area is 110 Å². The van der Waals surface area contributed by atoms with E-state index in [1.165, 1.54) is 14.2 Å². The number of amides is 1. The van der Waals surface area contributed by atoms with E-state index in [0.29, 0.717) is 28.6 Å². The molecule has 0 unspecified atom stereocenters. The number of nitrogens with one attached hydrogen (secondary N) is 1. The number of hydrogen-bond donors (Lipinski definition) is 1. The van der Waals surface area contributed by atoms with Crippen LogP contribution in [0.1, 0.15) is 16.1 Å². The van der Waals surface area contributed by atoms with Gasteiger partial charge in [0.2, 0.25) is 0 Å². The molecule has 1 aromatic carbocycles. The van der Waals surface area contributed by atoms with E-state index in [1.807, 2.05) is 0 Å². The first-order chi connectivity index (χ1) is 9.13. The fourth-order valence-electron chi connectivity index (χ4n) is 1.60. The number of anilines is 1. The molecule has 0 aliphatic heterocycles. The summed E-state index contributed by atoms with van der Waals surface area (Å²) in [7, 11) is 3.03. The molecule has 19 heavy (non-hydrogen) atoms. The normalized spacial score (nSPS) is 10.1. The van der Waals surface area contributed by atoms with Crippen molar-refractivity contribution >= 4 is 11.7 Å². The monoisotopic (exact) mass is 262 g/mol. The van der Waals surface area contributed by atoms with Crippen LogP contribution in [0.4, 0.5) is 5.82 Å². The van der Waals surface area contributed by atoms with Gasteiger partial charge in [0.05, 0.1) is 19.8 Å². The number of hydrogen-bond acceptors (Lipinski definition) is 5. The SMILES string of the molecule is COc1ccc(OC)c(C(=O)Nc2cc(C)on2)c1. The average Bonchev–Trinajstić information content (AvgIpc) is 2.83. The highest BCUT2D eigenvalue weighted by Crippen LogP contribution is 2.24. The molecule has 100 valence electrons. The van der Waals surface area contributed by atoms with Crippen LogP contribution in [0.2, 0.25) is 0 Å². The predicted octanol–water partition coefficient (Wildman–Crippen LogP) is 2.25. The first-order valence-corrected chi connectivity index (χ1v) is 5.60. The lowest BCUT2D eigenvalue weighted by atomic mass is 10.1. The van der Waals surface area contributed by atoms with Gasteiger partial charge in [0.1, 0.15) is 17.3 Å². The van der Waals surface area contributed by atoms with Crippen LogP contribution in [0.5, 0.6) is 11.5 Å². The first-order valence-electron chi connectivity index (χ1n) is 5.60. The Hall–Kier alpha value is -2.50. The highest BCUT2D eigenvalue weighted by atomic mass is 16.5. The lowest BCUT2D eigenvalue weighted by Crippen LogP contribution is -2.13. The van der Waals surface area contributed by atoms with E-state index in [-0.39, 0.29) is 5.91 Å². The molecule has 1 amide bonds. The fourth-order valence-corrected chi connectivity index (χ4v) is 1.60. The summed E-state index contributed by atoms with van der Waals surface area (Å²) < 4.78 is 15.1. The maximum Gasteiger partial charge on any atom is 0.260 e. The van der Waals surface area contributed by atoms with Crippen molar-refractivity contribution < 1.29 is 18.8 Å². The van der Waals surface area contributed by atoms with Gasteiger partial charge in [-0.15, -0.1) is 0 Å². The van der Waals surface area contributed by atoms with Crippen LogP contribution in [0.25, 0.3) is 0 Å². The number of rotatable bonds is 4. The molecule has 6 heteroatoms. The Morgan fingerprint density at radius 2 is 2.05 bits per heavy atom. The molecule has 0 spiro atoms. The number of benzene rings is 1. The van der Waals surface area contributed by atoms with Crippen molar-refractivity contribution in [1.29, 1.82) is 0 Å². The third-order valence-corrected chi connectivity index (χ3v) is 2.52. The zero-order valence-corrected chi connectivity index (χ0v) is 10.9. The van der Waals surface area contributed by atoms with Gasteiger partial charge in [-0.3, -0.25) is 4.79 Å². The molecule has 0 saturated carbocycles. The van der Waals surface area contributed by atoms with Crippen LogP contribution in [-0.4, -0.2) is 25.3 Å². The average molecular weight is 262 g/mol. The number of aromatic nitrogens is 1. The molecule has 2 aromatic rings. The summed E-state index contributed by atoms with van der Waals surface area (Å²) in [4.78, 5) is 12.1. The van der Waals surface area contributed by atoms with Crippen molar-refractivity contribution in [2.75, 3.05) is 19.5 Å². The maximum atomic E-state index is 12.1. The topological polar surface area (TPSA) is 73.6 Å². The first kappa shape index (κ1) is 12.9. The summed E-state index contributed by atoms with van der Waals surface area (Å²) >= 11 is 0. The molecule has 0 aliphatic rings. The Bertz CT molecular complexity index is 592. The lowest BCUT2D eigenvalue weighted by molar-refractivity contribution is 0.102. The fraction of sp³-hybridized carbons (Fsp3) is 0.231. The van der Waals surface area contributed by atoms with Crippen molar-refractivity contribution in [3.05, 3.63) is 35.6 Å². The number of nitrogens with zero attached hydrogens (tertiary/aromatic N) is 1. The Morgan fingerprint density at radius 3 is 2.63 bits per heavy atom. The zero-order chi connectivity index (χ0) is 13.8. The number of methoxy groups -OCH3 is 2. The van der Waals surface area contributed by atoms with Gasteiger partial charge in [0, 0.05) is 6.07 Å². The van der Waals surface area contributed by atoms with E-state index in [4.69, 9.17) is 14.0 Å². The minimum absolute atomic E-state index is 0.343. The van der Waals surface area contributed by atoms with Crippen LogP contribution < -0.4 is 14.8 Å². The molecule has 6 nitrogen and oxygen atoms in total. The van der Waals surface area contributed by atoms with Gasteiger partial charge in [-0.05, 0) is 25.1 Å². The number of carbonyl (C=O) groups excluding carboxylic acids is 1. The molecule has 0 radical (unpaired) electrons.